The van der Waals surface area contributed by atoms with Gasteiger partial charge in [0.25, 0.3) is 11.6 Å². The van der Waals surface area contributed by atoms with Crippen LogP contribution < -0.4 is 15.0 Å². The summed E-state index contributed by atoms with van der Waals surface area (Å²) in [5.41, 5.74) is 3.10. The normalized spacial score (nSPS) is 13.5. The molecule has 0 atom stereocenters. The molecule has 0 aromatic heterocycles. The maximum atomic E-state index is 12.8. The molecule has 1 fully saturated rings. The van der Waals surface area contributed by atoms with E-state index in [1.807, 2.05) is 41.3 Å². The van der Waals surface area contributed by atoms with E-state index in [9.17, 15) is 14.9 Å². The molecule has 1 N–H and O–H groups in total. The summed E-state index contributed by atoms with van der Waals surface area (Å²) in [5.74, 6) is 0.706. The van der Waals surface area contributed by atoms with Gasteiger partial charge in [-0.15, -0.1) is 0 Å². The quantitative estimate of drug-likeness (QED) is 0.433. The second-order valence-corrected chi connectivity index (χ2v) is 7.81. The van der Waals surface area contributed by atoms with Gasteiger partial charge >= 0.3 is 0 Å². The van der Waals surface area contributed by atoms with Crippen LogP contribution in [-0.2, 0) is 6.54 Å². The van der Waals surface area contributed by atoms with Gasteiger partial charge in [0.05, 0.1) is 12.0 Å². The number of nitro groups is 1. The van der Waals surface area contributed by atoms with E-state index in [1.165, 1.54) is 6.07 Å². The minimum atomic E-state index is -0.372. The highest BCUT2D eigenvalue weighted by molar-refractivity contribution is 5.94. The van der Waals surface area contributed by atoms with Crippen LogP contribution in [0.25, 0.3) is 0 Å². The lowest BCUT2D eigenvalue weighted by Gasteiger charge is -2.36. The van der Waals surface area contributed by atoms with E-state index in [2.05, 4.69) is 10.2 Å². The number of ether oxygens (including phenoxy) is 1. The Kier molecular flexibility index (Phi) is 6.73. The molecule has 4 rings (SSSR count). The van der Waals surface area contributed by atoms with Crippen LogP contribution in [0.3, 0.4) is 0 Å². The van der Waals surface area contributed by atoms with Crippen LogP contribution in [0, 0.1) is 10.1 Å². The SMILES string of the molecule is COc1ccc(C(=O)N2CCN(c3ccc([N+](=O)[O-])c(NCc4ccccc4)c3)CC2)cc1. The molecule has 1 aliphatic heterocycles. The number of amides is 1. The Hall–Kier alpha value is -4.07. The number of piperazine rings is 1. The third-order valence-electron chi connectivity index (χ3n) is 5.77. The minimum absolute atomic E-state index is 0.00813. The first-order chi connectivity index (χ1) is 16.0. The van der Waals surface area contributed by atoms with Gasteiger partial charge in [-0.2, -0.15) is 0 Å². The van der Waals surface area contributed by atoms with Crippen molar-refractivity contribution in [2.45, 2.75) is 6.54 Å². The average Bonchev–Trinajstić information content (AvgIpc) is 2.87. The fraction of sp³-hybridized carbons (Fsp3) is 0.240. The van der Waals surface area contributed by atoms with Gasteiger partial charge < -0.3 is 19.9 Å². The van der Waals surface area contributed by atoms with Crippen LogP contribution in [0.2, 0.25) is 0 Å². The first-order valence-corrected chi connectivity index (χ1v) is 10.8. The molecule has 1 heterocycles. The molecule has 33 heavy (non-hydrogen) atoms. The highest BCUT2D eigenvalue weighted by Crippen LogP contribution is 2.30. The van der Waals surface area contributed by atoms with E-state index in [0.717, 1.165) is 11.3 Å². The fourth-order valence-electron chi connectivity index (χ4n) is 3.90. The van der Waals surface area contributed by atoms with Crippen LogP contribution in [0.4, 0.5) is 17.1 Å². The second kappa shape index (κ2) is 10.0. The van der Waals surface area contributed by atoms with Crippen molar-refractivity contribution in [2.75, 3.05) is 43.5 Å². The average molecular weight is 447 g/mol. The number of carbonyl (C=O) groups excluding carboxylic acids is 1. The Labute approximate surface area is 192 Å². The molecule has 1 saturated heterocycles. The molecule has 0 unspecified atom stereocenters. The van der Waals surface area contributed by atoms with Gasteiger partial charge in [-0.25, -0.2) is 0 Å². The molecule has 8 nitrogen and oxygen atoms in total. The standard InChI is InChI=1S/C25H26N4O4/c1-33-22-10-7-20(8-11-22)25(30)28-15-13-27(14-16-28)21-9-12-24(29(31)32)23(17-21)26-18-19-5-3-2-4-6-19/h2-12,17,26H,13-16,18H2,1H3. The van der Waals surface area contributed by atoms with Crippen molar-refractivity contribution in [3.8, 4) is 5.75 Å². The van der Waals surface area contributed by atoms with Crippen molar-refractivity contribution in [3.05, 3.63) is 94.0 Å². The van der Waals surface area contributed by atoms with Gasteiger partial charge in [0.2, 0.25) is 0 Å². The number of hydrogen-bond donors (Lipinski definition) is 1. The van der Waals surface area contributed by atoms with Crippen molar-refractivity contribution < 1.29 is 14.5 Å². The van der Waals surface area contributed by atoms with Crippen LogP contribution in [-0.4, -0.2) is 49.0 Å². The predicted molar refractivity (Wildman–Crippen MR) is 128 cm³/mol. The first kappa shape index (κ1) is 22.1. The van der Waals surface area contributed by atoms with E-state index in [-0.39, 0.29) is 16.5 Å². The van der Waals surface area contributed by atoms with Gasteiger partial charge in [-0.3, -0.25) is 14.9 Å². The number of benzene rings is 3. The van der Waals surface area contributed by atoms with E-state index in [4.69, 9.17) is 4.74 Å². The van der Waals surface area contributed by atoms with E-state index >= 15 is 0 Å². The Morgan fingerprint density at radius 3 is 2.33 bits per heavy atom. The molecule has 0 radical (unpaired) electrons. The summed E-state index contributed by atoms with van der Waals surface area (Å²) >= 11 is 0. The molecular formula is C25H26N4O4. The fourth-order valence-corrected chi connectivity index (χ4v) is 3.90. The smallest absolute Gasteiger partial charge is 0.292 e. The topological polar surface area (TPSA) is 88.0 Å². The Bertz CT molecular complexity index is 1110. The lowest BCUT2D eigenvalue weighted by Crippen LogP contribution is -2.48. The molecule has 0 spiro atoms. The van der Waals surface area contributed by atoms with Gasteiger partial charge in [0.15, 0.2) is 0 Å². The summed E-state index contributed by atoms with van der Waals surface area (Å²) in [7, 11) is 1.59. The Morgan fingerprint density at radius 1 is 1.00 bits per heavy atom. The predicted octanol–water partition coefficient (Wildman–Crippen LogP) is 4.18. The number of nitrogens with zero attached hydrogens (tertiary/aromatic N) is 3. The molecule has 1 amide bonds. The number of nitro benzene ring substituents is 1. The molecule has 0 saturated carbocycles. The number of nitrogens with one attached hydrogen (secondary N) is 1. The van der Waals surface area contributed by atoms with Gasteiger partial charge in [-0.05, 0) is 42.0 Å². The molecule has 0 bridgehead atoms. The zero-order valence-corrected chi connectivity index (χ0v) is 18.4. The van der Waals surface area contributed by atoms with Crippen molar-refractivity contribution in [1.82, 2.24) is 4.90 Å². The van der Waals surface area contributed by atoms with Gasteiger partial charge in [0.1, 0.15) is 11.4 Å². The highest BCUT2D eigenvalue weighted by atomic mass is 16.6. The van der Waals surface area contributed by atoms with Crippen LogP contribution >= 0.6 is 0 Å². The van der Waals surface area contributed by atoms with Crippen molar-refractivity contribution >= 4 is 23.0 Å². The summed E-state index contributed by atoms with van der Waals surface area (Å²) in [6.07, 6.45) is 0. The second-order valence-electron chi connectivity index (χ2n) is 7.81. The van der Waals surface area contributed by atoms with Gasteiger partial charge in [-0.1, -0.05) is 30.3 Å². The van der Waals surface area contributed by atoms with Gasteiger partial charge in [0, 0.05) is 50.0 Å². The maximum Gasteiger partial charge on any atom is 0.292 e. The van der Waals surface area contributed by atoms with Crippen LogP contribution in [0.15, 0.2) is 72.8 Å². The minimum Gasteiger partial charge on any atom is -0.497 e. The summed E-state index contributed by atoms with van der Waals surface area (Å²) in [6, 6.07) is 22.0. The first-order valence-electron chi connectivity index (χ1n) is 10.8. The van der Waals surface area contributed by atoms with Crippen LogP contribution in [0.5, 0.6) is 5.75 Å². The van der Waals surface area contributed by atoms with Crippen LogP contribution in [0.1, 0.15) is 15.9 Å². The zero-order valence-electron chi connectivity index (χ0n) is 18.4. The third-order valence-corrected chi connectivity index (χ3v) is 5.77. The van der Waals surface area contributed by atoms with Crippen molar-refractivity contribution in [1.29, 1.82) is 0 Å². The lowest BCUT2D eigenvalue weighted by molar-refractivity contribution is -0.384. The molecule has 1 aliphatic rings. The zero-order chi connectivity index (χ0) is 23.2. The Morgan fingerprint density at radius 2 is 1.70 bits per heavy atom. The Balaban J connectivity index is 1.42. The van der Waals surface area contributed by atoms with Crippen molar-refractivity contribution in [3.63, 3.8) is 0 Å². The molecular weight excluding hydrogens is 420 g/mol. The third kappa shape index (κ3) is 5.23. The molecule has 170 valence electrons. The molecule has 3 aromatic rings. The number of anilines is 2. The molecule has 3 aromatic carbocycles. The molecule has 0 aliphatic carbocycles. The van der Waals surface area contributed by atoms with E-state index in [1.54, 1.807) is 37.4 Å². The summed E-state index contributed by atoms with van der Waals surface area (Å²) in [6.45, 7) is 2.95. The number of hydrogen-bond acceptors (Lipinski definition) is 6. The summed E-state index contributed by atoms with van der Waals surface area (Å²) in [4.78, 5) is 27.9. The van der Waals surface area contributed by atoms with E-state index in [0.29, 0.717) is 49.7 Å². The largest absolute Gasteiger partial charge is 0.497 e. The summed E-state index contributed by atoms with van der Waals surface area (Å²) in [5, 5.41) is 14.7. The van der Waals surface area contributed by atoms with Crippen molar-refractivity contribution in [2.24, 2.45) is 0 Å². The highest BCUT2D eigenvalue weighted by Gasteiger charge is 2.24. The number of rotatable bonds is 7. The maximum absolute atomic E-state index is 12.8. The number of carbonyl (C=O) groups is 1. The monoisotopic (exact) mass is 446 g/mol. The number of methoxy groups -OCH3 is 1. The lowest BCUT2D eigenvalue weighted by atomic mass is 10.1. The molecule has 8 heteroatoms. The summed E-state index contributed by atoms with van der Waals surface area (Å²) < 4.78 is 5.15. The van der Waals surface area contributed by atoms with E-state index < -0.39 is 0 Å².